The van der Waals surface area contributed by atoms with Gasteiger partial charge in [-0.2, -0.15) is 0 Å². The van der Waals surface area contributed by atoms with Crippen molar-refractivity contribution in [3.63, 3.8) is 0 Å². The fourth-order valence-electron chi connectivity index (χ4n) is 3.32. The molecule has 0 unspecified atom stereocenters. The van der Waals surface area contributed by atoms with E-state index in [0.717, 1.165) is 25.1 Å². The predicted octanol–water partition coefficient (Wildman–Crippen LogP) is 4.44. The maximum atomic E-state index is 3.93. The molecule has 110 valence electrons. The van der Waals surface area contributed by atoms with Crippen LogP contribution in [-0.2, 0) is 19.4 Å². The van der Waals surface area contributed by atoms with Crippen LogP contribution in [0, 0.1) is 0 Å². The molecule has 1 heteroatoms. The molecule has 1 aliphatic carbocycles. The average Bonchev–Trinajstić information content (AvgIpc) is 2.93. The molecule has 1 heterocycles. The number of hydrogen-bond donors (Lipinski definition) is 0. The smallest absolute Gasteiger partial charge is 0.0237 e. The number of rotatable bonds is 4. The van der Waals surface area contributed by atoms with Gasteiger partial charge in [0.2, 0.25) is 0 Å². The van der Waals surface area contributed by atoms with Crippen LogP contribution in [-0.4, -0.2) is 18.0 Å². The summed E-state index contributed by atoms with van der Waals surface area (Å²) in [6.07, 6.45) is 11.7. The first kappa shape index (κ1) is 14.3. The molecule has 0 aromatic heterocycles. The molecule has 0 saturated carbocycles. The zero-order valence-electron chi connectivity index (χ0n) is 13.1. The molecule has 21 heavy (non-hydrogen) atoms. The summed E-state index contributed by atoms with van der Waals surface area (Å²) in [4.78, 5) is 2.55. The lowest BCUT2D eigenvalue weighted by Crippen LogP contribution is -2.29. The second-order valence-corrected chi connectivity index (χ2v) is 6.41. The van der Waals surface area contributed by atoms with Crippen LogP contribution >= 0.6 is 0 Å². The zero-order valence-corrected chi connectivity index (χ0v) is 13.1. The normalized spacial score (nSPS) is 18.8. The molecule has 1 aromatic rings. The van der Waals surface area contributed by atoms with Crippen molar-refractivity contribution in [3.05, 3.63) is 70.8 Å². The van der Waals surface area contributed by atoms with E-state index in [1.165, 1.54) is 36.9 Å². The lowest BCUT2D eigenvalue weighted by atomic mass is 10.0. The Labute approximate surface area is 128 Å². The van der Waals surface area contributed by atoms with Gasteiger partial charge in [0.05, 0.1) is 0 Å². The molecule has 0 atom stereocenters. The van der Waals surface area contributed by atoms with Gasteiger partial charge >= 0.3 is 0 Å². The van der Waals surface area contributed by atoms with Crippen LogP contribution in [0.25, 0.3) is 0 Å². The SMILES string of the molecule is C=C(C)/C=C\C1=CCCN(Cc2ccc3c(c2)CCC3)C1. The minimum atomic E-state index is 1.06. The predicted molar refractivity (Wildman–Crippen MR) is 90.4 cm³/mol. The van der Waals surface area contributed by atoms with Crippen molar-refractivity contribution >= 4 is 0 Å². The fourth-order valence-corrected chi connectivity index (χ4v) is 3.32. The Morgan fingerprint density at radius 2 is 2.14 bits per heavy atom. The molecule has 1 aliphatic heterocycles. The van der Waals surface area contributed by atoms with E-state index in [9.17, 15) is 0 Å². The molecule has 3 rings (SSSR count). The van der Waals surface area contributed by atoms with E-state index in [1.807, 2.05) is 6.92 Å². The summed E-state index contributed by atoms with van der Waals surface area (Å²) in [6, 6.07) is 7.11. The number of benzene rings is 1. The van der Waals surface area contributed by atoms with Crippen LogP contribution in [0.3, 0.4) is 0 Å². The Morgan fingerprint density at radius 1 is 1.29 bits per heavy atom. The topological polar surface area (TPSA) is 3.24 Å². The second kappa shape index (κ2) is 6.44. The molecule has 2 aliphatic rings. The van der Waals surface area contributed by atoms with E-state index < -0.39 is 0 Å². The van der Waals surface area contributed by atoms with Crippen molar-refractivity contribution < 1.29 is 0 Å². The van der Waals surface area contributed by atoms with Crippen LogP contribution in [0.5, 0.6) is 0 Å². The molecule has 1 nitrogen and oxygen atoms in total. The third-order valence-electron chi connectivity index (χ3n) is 4.41. The van der Waals surface area contributed by atoms with Gasteiger partial charge < -0.3 is 0 Å². The van der Waals surface area contributed by atoms with Crippen LogP contribution in [0.2, 0.25) is 0 Å². The maximum Gasteiger partial charge on any atom is 0.0237 e. The molecule has 0 saturated heterocycles. The van der Waals surface area contributed by atoms with Gasteiger partial charge in [0.15, 0.2) is 0 Å². The van der Waals surface area contributed by atoms with Gasteiger partial charge in [0.25, 0.3) is 0 Å². The number of aryl methyl sites for hydroxylation is 2. The fraction of sp³-hybridized carbons (Fsp3) is 0.400. The maximum absolute atomic E-state index is 3.93. The number of fused-ring (bicyclic) bond motifs is 1. The molecule has 0 fully saturated rings. The van der Waals surface area contributed by atoms with Gasteiger partial charge in [-0.15, -0.1) is 0 Å². The largest absolute Gasteiger partial charge is 0.295 e. The molecule has 0 spiro atoms. The van der Waals surface area contributed by atoms with Crippen molar-refractivity contribution in [1.82, 2.24) is 4.90 Å². The molecule has 0 N–H and O–H groups in total. The van der Waals surface area contributed by atoms with E-state index >= 15 is 0 Å². The molecular weight excluding hydrogens is 254 g/mol. The first-order valence-corrected chi connectivity index (χ1v) is 8.06. The van der Waals surface area contributed by atoms with E-state index in [-0.39, 0.29) is 0 Å². The van der Waals surface area contributed by atoms with Gasteiger partial charge in [0.1, 0.15) is 0 Å². The molecule has 1 aromatic carbocycles. The lowest BCUT2D eigenvalue weighted by molar-refractivity contribution is 0.285. The molecule has 0 amide bonds. The highest BCUT2D eigenvalue weighted by atomic mass is 15.1. The third-order valence-corrected chi connectivity index (χ3v) is 4.41. The Morgan fingerprint density at radius 3 is 3.00 bits per heavy atom. The quantitative estimate of drug-likeness (QED) is 0.737. The van der Waals surface area contributed by atoms with Crippen molar-refractivity contribution in [2.75, 3.05) is 13.1 Å². The van der Waals surface area contributed by atoms with Crippen LogP contribution < -0.4 is 0 Å². The van der Waals surface area contributed by atoms with Crippen molar-refractivity contribution in [3.8, 4) is 0 Å². The summed E-state index contributed by atoms with van der Waals surface area (Å²) in [5.41, 5.74) is 7.17. The standard InChI is InChI=1S/C20H25N/c1-16(2)8-9-17-5-4-12-21(14-17)15-18-10-11-19-6-3-7-20(19)13-18/h5,8-11,13H,1,3-4,6-7,12,14-15H2,2H3/b9-8-. The number of hydrogen-bond acceptors (Lipinski definition) is 1. The second-order valence-electron chi connectivity index (χ2n) is 6.41. The van der Waals surface area contributed by atoms with E-state index in [2.05, 4.69) is 47.9 Å². The zero-order chi connectivity index (χ0) is 14.7. The highest BCUT2D eigenvalue weighted by Crippen LogP contribution is 2.24. The van der Waals surface area contributed by atoms with Crippen molar-refractivity contribution in [2.24, 2.45) is 0 Å². The van der Waals surface area contributed by atoms with E-state index in [1.54, 1.807) is 11.1 Å². The Kier molecular flexibility index (Phi) is 4.40. The molecular formula is C20H25N. The Balaban J connectivity index is 1.63. The van der Waals surface area contributed by atoms with Crippen molar-refractivity contribution in [1.29, 1.82) is 0 Å². The molecule has 0 radical (unpaired) electrons. The van der Waals surface area contributed by atoms with Gasteiger partial charge in [-0.3, -0.25) is 4.90 Å². The minimum absolute atomic E-state index is 1.06. The summed E-state index contributed by atoms with van der Waals surface area (Å²) in [5.74, 6) is 0. The van der Waals surface area contributed by atoms with Crippen LogP contribution in [0.15, 0.2) is 54.2 Å². The summed E-state index contributed by atoms with van der Waals surface area (Å²) in [7, 11) is 0. The summed E-state index contributed by atoms with van der Waals surface area (Å²) < 4.78 is 0. The monoisotopic (exact) mass is 279 g/mol. The third kappa shape index (κ3) is 3.74. The Hall–Kier alpha value is -1.60. The average molecular weight is 279 g/mol. The summed E-state index contributed by atoms with van der Waals surface area (Å²) in [6.45, 7) is 9.28. The molecule has 0 bridgehead atoms. The number of nitrogens with zero attached hydrogens (tertiary/aromatic N) is 1. The van der Waals surface area contributed by atoms with Crippen molar-refractivity contribution in [2.45, 2.75) is 39.2 Å². The van der Waals surface area contributed by atoms with Crippen LogP contribution in [0.1, 0.15) is 36.5 Å². The van der Waals surface area contributed by atoms with E-state index in [0.29, 0.717) is 0 Å². The van der Waals surface area contributed by atoms with E-state index in [4.69, 9.17) is 0 Å². The van der Waals surface area contributed by atoms with Gasteiger partial charge in [-0.05, 0) is 54.9 Å². The highest BCUT2D eigenvalue weighted by molar-refractivity contribution is 5.35. The summed E-state index contributed by atoms with van der Waals surface area (Å²) in [5, 5.41) is 0. The van der Waals surface area contributed by atoms with Crippen LogP contribution in [0.4, 0.5) is 0 Å². The Bertz CT molecular complexity index is 592. The van der Waals surface area contributed by atoms with Gasteiger partial charge in [0, 0.05) is 19.6 Å². The van der Waals surface area contributed by atoms with Gasteiger partial charge in [-0.1, -0.05) is 48.6 Å². The minimum Gasteiger partial charge on any atom is -0.295 e. The number of allylic oxidation sites excluding steroid dienone is 2. The summed E-state index contributed by atoms with van der Waals surface area (Å²) >= 11 is 0. The first-order valence-electron chi connectivity index (χ1n) is 8.06. The highest BCUT2D eigenvalue weighted by Gasteiger charge is 2.14. The van der Waals surface area contributed by atoms with Gasteiger partial charge in [-0.25, -0.2) is 0 Å². The lowest BCUT2D eigenvalue weighted by Gasteiger charge is -2.26. The first-order chi connectivity index (χ1) is 10.2.